The average molecular weight is 629 g/mol. The van der Waals surface area contributed by atoms with E-state index in [1.54, 1.807) is 28.7 Å². The van der Waals surface area contributed by atoms with Gasteiger partial charge >= 0.3 is 0 Å². The highest BCUT2D eigenvalue weighted by molar-refractivity contribution is 7.22. The van der Waals surface area contributed by atoms with Crippen LogP contribution in [0.2, 0.25) is 0 Å². The molecule has 44 heavy (non-hydrogen) atoms. The fourth-order valence-corrected chi connectivity index (χ4v) is 5.81. The number of aromatic nitrogens is 6. The van der Waals surface area contributed by atoms with Gasteiger partial charge in [0, 0.05) is 28.8 Å². The first-order valence-electron chi connectivity index (χ1n) is 15.0. The van der Waals surface area contributed by atoms with E-state index in [4.69, 9.17) is 20.4 Å². The molecule has 0 fully saturated rings. The van der Waals surface area contributed by atoms with Crippen molar-refractivity contribution in [1.82, 2.24) is 30.0 Å². The summed E-state index contributed by atoms with van der Waals surface area (Å²) in [6, 6.07) is 11.7. The van der Waals surface area contributed by atoms with Crippen LogP contribution in [-0.2, 0) is 0 Å². The van der Waals surface area contributed by atoms with Gasteiger partial charge in [-0.15, -0.1) is 38.9 Å². The first-order chi connectivity index (χ1) is 21.1. The molecule has 2 aromatic carbocycles. The molecule has 4 atom stereocenters. The zero-order valence-electron chi connectivity index (χ0n) is 26.2. The molecule has 0 bridgehead atoms. The molecule has 230 valence electrons. The molecule has 2 aliphatic carbocycles. The maximum absolute atomic E-state index is 10.9. The second-order valence-electron chi connectivity index (χ2n) is 10.7. The minimum Gasteiger partial charge on any atom is -0.512 e. The summed E-state index contributed by atoms with van der Waals surface area (Å²) in [5.74, 6) is 0.261. The summed E-state index contributed by atoms with van der Waals surface area (Å²) in [7, 11) is 5.44. The lowest BCUT2D eigenvalue weighted by Gasteiger charge is -2.20. The van der Waals surface area contributed by atoms with Crippen LogP contribution in [0.25, 0.3) is 44.6 Å². The molecule has 0 spiro atoms. The molecule has 6 rings (SSSR count). The number of hydrogen-bond acceptors (Lipinski definition) is 6. The quantitative estimate of drug-likeness (QED) is 0.223. The van der Waals surface area contributed by atoms with Crippen LogP contribution in [0.4, 0.5) is 0 Å². The number of rotatable bonds is 3. The lowest BCUT2D eigenvalue weighted by Crippen LogP contribution is -2.20. The van der Waals surface area contributed by atoms with E-state index in [1.165, 1.54) is 0 Å². The maximum Gasteiger partial charge on any atom is 0.121 e. The van der Waals surface area contributed by atoms with Gasteiger partial charge in [-0.1, -0.05) is 77.1 Å². The molecule has 2 aromatic heterocycles. The summed E-state index contributed by atoms with van der Waals surface area (Å²) in [4.78, 5) is 3.12. The molecule has 4 unspecified atom stereocenters. The maximum atomic E-state index is 10.9. The number of fused-ring (bicyclic) bond motifs is 2. The topological polar surface area (TPSA) is 102 Å². The molecule has 0 amide bonds. The zero-order valence-corrected chi connectivity index (χ0v) is 28.5. The van der Waals surface area contributed by atoms with Crippen LogP contribution >= 0.6 is 18.5 Å². The summed E-state index contributed by atoms with van der Waals surface area (Å²) in [6.07, 6.45) is 16.3. The van der Waals surface area contributed by atoms with Crippen LogP contribution in [0.1, 0.15) is 54.4 Å². The zero-order chi connectivity index (χ0) is 32.1. The van der Waals surface area contributed by atoms with Crippen molar-refractivity contribution in [3.63, 3.8) is 0 Å². The number of allylic oxidation sites excluding steroid dienone is 10. The van der Waals surface area contributed by atoms with E-state index in [0.29, 0.717) is 35.3 Å². The Morgan fingerprint density at radius 3 is 1.98 bits per heavy atom. The molecule has 8 nitrogen and oxygen atoms in total. The van der Waals surface area contributed by atoms with Gasteiger partial charge in [0.2, 0.25) is 0 Å². The van der Waals surface area contributed by atoms with Gasteiger partial charge in [-0.2, -0.15) is 9.59 Å². The lowest BCUT2D eigenvalue weighted by atomic mass is 10.0. The second kappa shape index (κ2) is 13.9. The third-order valence-corrected chi connectivity index (χ3v) is 7.56. The van der Waals surface area contributed by atoms with Crippen LogP contribution in [-0.4, -0.2) is 51.0 Å². The largest absolute Gasteiger partial charge is 0.512 e. The Balaban J connectivity index is 0.00000106. The minimum atomic E-state index is -1.14. The summed E-state index contributed by atoms with van der Waals surface area (Å²) in [5, 5.41) is 41.3. The van der Waals surface area contributed by atoms with E-state index >= 15 is 0 Å². The number of benzene rings is 2. The first-order valence-corrected chi connectivity index (χ1v) is 16.1. The van der Waals surface area contributed by atoms with E-state index in [9.17, 15) is 10.2 Å². The Hall–Kier alpha value is -3.70. The van der Waals surface area contributed by atoms with Gasteiger partial charge in [-0.25, -0.2) is 0 Å². The third kappa shape index (κ3) is 7.50. The van der Waals surface area contributed by atoms with Crippen molar-refractivity contribution in [2.75, 3.05) is 0 Å². The van der Waals surface area contributed by atoms with Gasteiger partial charge in [-0.3, -0.25) is 0 Å². The Morgan fingerprint density at radius 2 is 1.39 bits per heavy atom. The molecule has 10 heteroatoms. The van der Waals surface area contributed by atoms with Crippen molar-refractivity contribution in [2.24, 2.45) is 0 Å². The van der Waals surface area contributed by atoms with Crippen molar-refractivity contribution in [3.8, 4) is 11.1 Å². The third-order valence-electron chi connectivity index (χ3n) is 6.76. The van der Waals surface area contributed by atoms with E-state index in [-0.39, 0.29) is 10.9 Å². The predicted molar refractivity (Wildman–Crippen MR) is 190 cm³/mol. The summed E-state index contributed by atoms with van der Waals surface area (Å²) >= 11 is 0. The van der Waals surface area contributed by atoms with Crippen molar-refractivity contribution in [1.29, 1.82) is 0 Å². The molecular formula is C34H42N6O2P2. The van der Waals surface area contributed by atoms with E-state index in [2.05, 4.69) is 18.5 Å². The van der Waals surface area contributed by atoms with Crippen LogP contribution in [0.15, 0.2) is 96.1 Å². The van der Waals surface area contributed by atoms with E-state index in [1.807, 2.05) is 107 Å². The molecule has 0 saturated carbocycles. The molecule has 2 aliphatic rings. The summed E-state index contributed by atoms with van der Waals surface area (Å²) < 4.78 is 0. The fraction of sp³-hybridized carbons (Fsp3) is 0.294. The molecule has 2 heterocycles. The lowest BCUT2D eigenvalue weighted by molar-refractivity contribution is 0.163. The molecular weight excluding hydrogens is 586 g/mol. The first kappa shape index (κ1) is 33.2. The minimum absolute atomic E-state index is 0.222. The van der Waals surface area contributed by atoms with Crippen LogP contribution < -0.4 is 0 Å². The van der Waals surface area contributed by atoms with Crippen LogP contribution in [0, 0.1) is 0 Å². The monoisotopic (exact) mass is 628 g/mol. The van der Waals surface area contributed by atoms with Crippen molar-refractivity contribution >= 4 is 51.9 Å². The highest BCUT2D eigenvalue weighted by atomic mass is 31.0. The number of aliphatic hydroxyl groups is 2. The predicted octanol–water partition coefficient (Wildman–Crippen LogP) is 8.08. The SMILES string of the molecule is CC.CC.CC1(O)C=C(P)C/C=C\C(n2nc3cccc(-c4cccc5nn(/C6=C/C=C\C(C)(P)CC(O)=C6)nc45)c3n2)=C/1. The highest BCUT2D eigenvalue weighted by Gasteiger charge is 2.21. The summed E-state index contributed by atoms with van der Waals surface area (Å²) in [5.41, 5.74) is 4.84. The van der Waals surface area contributed by atoms with Crippen molar-refractivity contribution < 1.29 is 10.2 Å². The Bertz CT molecular complexity index is 1840. The molecule has 0 aliphatic heterocycles. The highest BCUT2D eigenvalue weighted by Crippen LogP contribution is 2.33. The van der Waals surface area contributed by atoms with Gasteiger partial charge in [0.15, 0.2) is 0 Å². The number of hydrogen-bond donors (Lipinski definition) is 2. The van der Waals surface area contributed by atoms with E-state index < -0.39 is 5.60 Å². The number of aliphatic hydroxyl groups excluding tert-OH is 1. The van der Waals surface area contributed by atoms with Crippen molar-refractivity contribution in [3.05, 3.63) is 96.1 Å². The fourth-order valence-electron chi connectivity index (χ4n) is 5.01. The normalized spacial score (nSPS) is 25.6. The van der Waals surface area contributed by atoms with Crippen molar-refractivity contribution in [2.45, 2.75) is 65.1 Å². The smallest absolute Gasteiger partial charge is 0.121 e. The van der Waals surface area contributed by atoms with Gasteiger partial charge in [0.05, 0.1) is 17.2 Å². The average Bonchev–Trinajstić information content (AvgIpc) is 3.61. The van der Waals surface area contributed by atoms with Gasteiger partial charge in [-0.05, 0) is 55.1 Å². The summed E-state index contributed by atoms with van der Waals surface area (Å²) in [6.45, 7) is 11.8. The number of nitrogens with zero attached hydrogens (tertiary/aromatic N) is 6. The van der Waals surface area contributed by atoms with Gasteiger partial charge in [0.1, 0.15) is 27.7 Å². The molecule has 0 saturated heterocycles. The van der Waals surface area contributed by atoms with Gasteiger partial charge < -0.3 is 10.2 Å². The van der Waals surface area contributed by atoms with E-state index in [0.717, 1.165) is 27.5 Å². The standard InChI is InChI=1S/C30H30N6O2P2.2C2H6/c1-29(38)16-20(7-3-9-22(39)18-29)36-32-26-13-5-11-24(28(26)34-36)23-10-4-12-25-27(23)33-35(31-25)19-8-6-14-30(2,40)17-21(37)15-19;2*1-2/h3-8,10-16,18,37-38H,9,17,39-40H2,1-2H3;2*1-2H3/b7-3-,14-6-,19-8+,20-16+,21-15?,22-18?;;. The Kier molecular flexibility index (Phi) is 10.5. The second-order valence-corrected chi connectivity index (χ2v) is 12.8. The molecule has 4 aromatic rings. The van der Waals surface area contributed by atoms with Crippen LogP contribution in [0.5, 0.6) is 0 Å². The van der Waals surface area contributed by atoms with Crippen LogP contribution in [0.3, 0.4) is 0 Å². The van der Waals surface area contributed by atoms with Gasteiger partial charge in [0.25, 0.3) is 0 Å². The molecule has 2 N–H and O–H groups in total. The Labute approximate surface area is 264 Å². The Morgan fingerprint density at radius 1 is 0.818 bits per heavy atom. The molecule has 0 radical (unpaired) electrons.